The molecular weight excluding hydrogens is 312 g/mol. The Hall–Kier alpha value is -0.960. The highest BCUT2D eigenvalue weighted by Gasteiger charge is 2.28. The molecule has 2 unspecified atom stereocenters. The van der Waals surface area contributed by atoms with E-state index in [0.29, 0.717) is 13.1 Å². The van der Waals surface area contributed by atoms with Crippen molar-refractivity contribution in [3.8, 4) is 0 Å². The monoisotopic (exact) mass is 332 g/mol. The summed E-state index contributed by atoms with van der Waals surface area (Å²) >= 11 is 1.14. The molecule has 0 aromatic carbocycles. The van der Waals surface area contributed by atoms with Crippen LogP contribution in [0.4, 0.5) is 0 Å². The topological polar surface area (TPSA) is 86.7 Å². The van der Waals surface area contributed by atoms with Crippen LogP contribution in [0, 0.1) is 5.92 Å². The molecule has 1 aromatic heterocycles. The first-order valence-electron chi connectivity index (χ1n) is 6.89. The highest BCUT2D eigenvalue weighted by molar-refractivity contribution is 7.91. The van der Waals surface area contributed by atoms with Gasteiger partial charge in [0.1, 0.15) is 4.21 Å². The maximum atomic E-state index is 12.0. The van der Waals surface area contributed by atoms with Crippen molar-refractivity contribution >= 4 is 27.3 Å². The molecule has 21 heavy (non-hydrogen) atoms. The molecular formula is C13H20N2O4S2. The average molecular weight is 332 g/mol. The molecule has 1 amide bonds. The Labute approximate surface area is 128 Å². The van der Waals surface area contributed by atoms with Gasteiger partial charge in [0.05, 0.1) is 6.10 Å². The fraction of sp³-hybridized carbons (Fsp3) is 0.615. The van der Waals surface area contributed by atoms with E-state index < -0.39 is 16.1 Å². The van der Waals surface area contributed by atoms with Crippen LogP contribution in [0.5, 0.6) is 0 Å². The summed E-state index contributed by atoms with van der Waals surface area (Å²) in [6.45, 7) is 3.00. The van der Waals surface area contributed by atoms with E-state index in [1.54, 1.807) is 23.3 Å². The second kappa shape index (κ2) is 6.87. The minimum atomic E-state index is -3.50. The molecule has 2 rings (SSSR count). The molecule has 0 saturated carbocycles. The van der Waals surface area contributed by atoms with Crippen LogP contribution in [-0.2, 0) is 14.8 Å². The average Bonchev–Trinajstić information content (AvgIpc) is 3.10. The van der Waals surface area contributed by atoms with Crippen molar-refractivity contribution in [2.45, 2.75) is 30.1 Å². The first-order chi connectivity index (χ1) is 9.90. The van der Waals surface area contributed by atoms with Crippen molar-refractivity contribution in [2.24, 2.45) is 5.92 Å². The van der Waals surface area contributed by atoms with Crippen LogP contribution in [0.2, 0.25) is 0 Å². The van der Waals surface area contributed by atoms with Gasteiger partial charge in [-0.15, -0.1) is 11.3 Å². The van der Waals surface area contributed by atoms with Crippen molar-refractivity contribution in [1.29, 1.82) is 0 Å². The summed E-state index contributed by atoms with van der Waals surface area (Å²) in [6.07, 6.45) is 0.515. The molecule has 1 saturated heterocycles. The Morgan fingerprint density at radius 1 is 1.62 bits per heavy atom. The minimum Gasteiger partial charge on any atom is -0.393 e. The zero-order valence-corrected chi connectivity index (χ0v) is 13.5. The summed E-state index contributed by atoms with van der Waals surface area (Å²) in [7, 11) is -3.50. The molecule has 2 heterocycles. The fourth-order valence-electron chi connectivity index (χ4n) is 2.35. The smallest absolute Gasteiger partial charge is 0.250 e. The van der Waals surface area contributed by atoms with E-state index in [4.69, 9.17) is 0 Å². The summed E-state index contributed by atoms with van der Waals surface area (Å²) in [6, 6.07) is 3.20. The van der Waals surface area contributed by atoms with E-state index >= 15 is 0 Å². The summed E-state index contributed by atoms with van der Waals surface area (Å²) in [5, 5.41) is 11.2. The summed E-state index contributed by atoms with van der Waals surface area (Å²) < 4.78 is 26.4. The number of hydrogen-bond donors (Lipinski definition) is 2. The van der Waals surface area contributed by atoms with Gasteiger partial charge in [-0.1, -0.05) is 6.07 Å². The molecule has 1 fully saturated rings. The quantitative estimate of drug-likeness (QED) is 0.801. The fourth-order valence-corrected chi connectivity index (χ4v) is 4.41. The van der Waals surface area contributed by atoms with E-state index in [9.17, 15) is 18.3 Å². The van der Waals surface area contributed by atoms with Crippen molar-refractivity contribution in [3.63, 3.8) is 0 Å². The molecule has 1 aliphatic rings. The van der Waals surface area contributed by atoms with Crippen molar-refractivity contribution in [1.82, 2.24) is 9.62 Å². The molecule has 2 N–H and O–H groups in total. The molecule has 8 heteroatoms. The van der Waals surface area contributed by atoms with Gasteiger partial charge in [-0.05, 0) is 24.8 Å². The Bertz CT molecular complexity index is 569. The van der Waals surface area contributed by atoms with Crippen LogP contribution >= 0.6 is 11.3 Å². The lowest BCUT2D eigenvalue weighted by Gasteiger charge is -2.17. The molecule has 6 nitrogen and oxygen atoms in total. The van der Waals surface area contributed by atoms with Crippen LogP contribution in [0.3, 0.4) is 0 Å². The Kier molecular flexibility index (Phi) is 5.37. The molecule has 2 atom stereocenters. The predicted molar refractivity (Wildman–Crippen MR) is 80.5 cm³/mol. The summed E-state index contributed by atoms with van der Waals surface area (Å²) in [5.41, 5.74) is 0. The lowest BCUT2D eigenvalue weighted by molar-refractivity contribution is -0.130. The number of aliphatic hydroxyl groups is 1. The normalized spacial score (nSPS) is 20.7. The SMILES string of the molecule is CC(O)C1CCN(C(=O)CCNS(=O)(=O)c2cccs2)C1. The van der Waals surface area contributed by atoms with Gasteiger partial charge in [-0.2, -0.15) is 0 Å². The second-order valence-corrected chi connectivity index (χ2v) is 8.15. The number of nitrogens with one attached hydrogen (secondary N) is 1. The van der Waals surface area contributed by atoms with Crippen LogP contribution in [0.25, 0.3) is 0 Å². The number of carbonyl (C=O) groups excluding carboxylic acids is 1. The van der Waals surface area contributed by atoms with E-state index in [2.05, 4.69) is 4.72 Å². The predicted octanol–water partition coefficient (Wildman–Crippen LogP) is 0.646. The third kappa shape index (κ3) is 4.26. The van der Waals surface area contributed by atoms with Crippen LogP contribution in [-0.4, -0.2) is 50.1 Å². The Morgan fingerprint density at radius 2 is 2.38 bits per heavy atom. The minimum absolute atomic E-state index is 0.0768. The van der Waals surface area contributed by atoms with Gasteiger partial charge >= 0.3 is 0 Å². The highest BCUT2D eigenvalue weighted by atomic mass is 32.2. The molecule has 0 radical (unpaired) electrons. The van der Waals surface area contributed by atoms with Crippen molar-refractivity contribution in [3.05, 3.63) is 17.5 Å². The Balaban J connectivity index is 1.78. The van der Waals surface area contributed by atoms with E-state index in [1.165, 1.54) is 6.07 Å². The zero-order valence-electron chi connectivity index (χ0n) is 11.9. The zero-order chi connectivity index (χ0) is 15.5. The number of likely N-dealkylation sites (tertiary alicyclic amines) is 1. The van der Waals surface area contributed by atoms with Gasteiger partial charge in [-0.25, -0.2) is 13.1 Å². The highest BCUT2D eigenvalue weighted by Crippen LogP contribution is 2.20. The molecule has 1 aromatic rings. The number of aliphatic hydroxyl groups excluding tert-OH is 1. The van der Waals surface area contributed by atoms with Gasteiger partial charge in [0.15, 0.2) is 0 Å². The van der Waals surface area contributed by atoms with E-state index in [-0.39, 0.29) is 29.0 Å². The van der Waals surface area contributed by atoms with Gasteiger partial charge < -0.3 is 10.0 Å². The van der Waals surface area contributed by atoms with Crippen molar-refractivity contribution < 1.29 is 18.3 Å². The third-order valence-electron chi connectivity index (χ3n) is 3.65. The van der Waals surface area contributed by atoms with Crippen LogP contribution < -0.4 is 4.72 Å². The van der Waals surface area contributed by atoms with Gasteiger partial charge in [0, 0.05) is 32.0 Å². The molecule has 1 aliphatic heterocycles. The lowest BCUT2D eigenvalue weighted by atomic mass is 10.0. The van der Waals surface area contributed by atoms with Gasteiger partial charge in [0.2, 0.25) is 15.9 Å². The molecule has 0 spiro atoms. The van der Waals surface area contributed by atoms with Crippen LogP contribution in [0.15, 0.2) is 21.7 Å². The van der Waals surface area contributed by atoms with E-state index in [0.717, 1.165) is 17.8 Å². The van der Waals surface area contributed by atoms with Crippen LogP contribution in [0.1, 0.15) is 19.8 Å². The third-order valence-corrected chi connectivity index (χ3v) is 6.51. The first kappa shape index (κ1) is 16.4. The number of nitrogens with zero attached hydrogens (tertiary/aromatic N) is 1. The summed E-state index contributed by atoms with van der Waals surface area (Å²) in [5.74, 6) is 0.0452. The molecule has 118 valence electrons. The number of thiophene rings is 1. The number of sulfonamides is 1. The largest absolute Gasteiger partial charge is 0.393 e. The standard InChI is InChI=1S/C13H20N2O4S2/c1-10(16)11-5-7-15(9-11)12(17)4-6-14-21(18,19)13-3-2-8-20-13/h2-3,8,10-11,14,16H,4-7,9H2,1H3. The van der Waals surface area contributed by atoms with Crippen molar-refractivity contribution in [2.75, 3.05) is 19.6 Å². The summed E-state index contributed by atoms with van der Waals surface area (Å²) in [4.78, 5) is 13.7. The van der Waals surface area contributed by atoms with Gasteiger partial charge in [-0.3, -0.25) is 4.79 Å². The molecule has 0 aliphatic carbocycles. The number of amides is 1. The Morgan fingerprint density at radius 3 is 2.95 bits per heavy atom. The second-order valence-electron chi connectivity index (χ2n) is 5.21. The van der Waals surface area contributed by atoms with E-state index in [1.807, 2.05) is 0 Å². The van der Waals surface area contributed by atoms with Gasteiger partial charge in [0.25, 0.3) is 0 Å². The number of rotatable bonds is 6. The molecule has 0 bridgehead atoms. The maximum Gasteiger partial charge on any atom is 0.250 e. The lowest BCUT2D eigenvalue weighted by Crippen LogP contribution is -2.33. The maximum absolute atomic E-state index is 12.0. The number of hydrogen-bond acceptors (Lipinski definition) is 5. The first-order valence-corrected chi connectivity index (χ1v) is 9.25. The number of carbonyl (C=O) groups is 1.